The van der Waals surface area contributed by atoms with Crippen molar-refractivity contribution >= 4 is 22.3 Å². The van der Waals surface area contributed by atoms with Gasteiger partial charge in [-0.15, -0.1) is 11.3 Å². The second-order valence-electron chi connectivity index (χ2n) is 4.11. The number of carbonyl (C=O) groups is 1. The summed E-state index contributed by atoms with van der Waals surface area (Å²) in [6.45, 7) is 0.670. The topological polar surface area (TPSA) is 49.8 Å². The fourth-order valence-corrected chi connectivity index (χ4v) is 2.62. The van der Waals surface area contributed by atoms with Crippen LogP contribution >= 0.6 is 11.3 Å². The van der Waals surface area contributed by atoms with Gasteiger partial charge in [0.05, 0.1) is 12.1 Å². The van der Waals surface area contributed by atoms with E-state index >= 15 is 0 Å². The van der Waals surface area contributed by atoms with Crippen LogP contribution in [0, 0.1) is 0 Å². The summed E-state index contributed by atoms with van der Waals surface area (Å²) in [5, 5.41) is 9.84. The molecule has 0 saturated carbocycles. The minimum absolute atomic E-state index is 0.349. The van der Waals surface area contributed by atoms with Crippen LogP contribution in [0.25, 0.3) is 0 Å². The fraction of sp³-hybridized carbons (Fsp3) is 0.214. The molecule has 2 rings (SSSR count). The summed E-state index contributed by atoms with van der Waals surface area (Å²) in [7, 11) is 3.58. The number of carboxylic acids is 1. The van der Waals surface area contributed by atoms with Crippen LogP contribution in [0.3, 0.4) is 0 Å². The van der Waals surface area contributed by atoms with Gasteiger partial charge in [-0.05, 0) is 18.2 Å². The van der Waals surface area contributed by atoms with Crippen molar-refractivity contribution in [1.29, 1.82) is 0 Å². The largest absolute Gasteiger partial charge is 0.496 e. The van der Waals surface area contributed by atoms with Crippen molar-refractivity contribution in [3.63, 3.8) is 0 Å². The first kappa shape index (κ1) is 13.4. The van der Waals surface area contributed by atoms with Gasteiger partial charge in [0.2, 0.25) is 0 Å². The average molecular weight is 277 g/mol. The molecular weight excluding hydrogens is 262 g/mol. The number of hydrogen-bond donors (Lipinski definition) is 1. The smallest absolute Gasteiger partial charge is 0.345 e. The molecule has 0 saturated heterocycles. The van der Waals surface area contributed by atoms with Crippen LogP contribution in [0.1, 0.15) is 15.2 Å². The van der Waals surface area contributed by atoms with Gasteiger partial charge in [-0.25, -0.2) is 4.79 Å². The third-order valence-electron chi connectivity index (χ3n) is 2.78. The first-order valence-corrected chi connectivity index (χ1v) is 6.59. The highest BCUT2D eigenvalue weighted by Crippen LogP contribution is 2.28. The highest BCUT2D eigenvalue weighted by atomic mass is 32.1. The molecule has 0 radical (unpaired) electrons. The molecular formula is C14H15NO3S. The van der Waals surface area contributed by atoms with E-state index in [1.54, 1.807) is 13.2 Å². The van der Waals surface area contributed by atoms with Crippen LogP contribution in [0.2, 0.25) is 0 Å². The molecule has 0 fully saturated rings. The number of carboxylic acid groups (broad SMARTS) is 1. The molecule has 0 aliphatic rings. The van der Waals surface area contributed by atoms with E-state index in [9.17, 15) is 4.79 Å². The van der Waals surface area contributed by atoms with E-state index in [-0.39, 0.29) is 0 Å². The number of para-hydroxylation sites is 1. The van der Waals surface area contributed by atoms with Crippen molar-refractivity contribution in [2.45, 2.75) is 6.54 Å². The molecule has 0 atom stereocenters. The van der Waals surface area contributed by atoms with E-state index < -0.39 is 5.97 Å². The summed E-state index contributed by atoms with van der Waals surface area (Å²) in [6.07, 6.45) is 0. The molecule has 0 unspecified atom stereocenters. The quantitative estimate of drug-likeness (QED) is 0.912. The van der Waals surface area contributed by atoms with Gasteiger partial charge in [-0.3, -0.25) is 0 Å². The number of methoxy groups -OCH3 is 1. The summed E-state index contributed by atoms with van der Waals surface area (Å²) >= 11 is 1.27. The molecule has 0 aliphatic carbocycles. The number of benzene rings is 1. The molecule has 0 aliphatic heterocycles. The predicted molar refractivity (Wildman–Crippen MR) is 76.4 cm³/mol. The van der Waals surface area contributed by atoms with E-state index in [2.05, 4.69) is 0 Å². The van der Waals surface area contributed by atoms with Gasteiger partial charge in [0.15, 0.2) is 0 Å². The number of thiophene rings is 1. The SMILES string of the molecule is COc1ccccc1CN(C)c1ccc(C(=O)O)s1. The molecule has 4 nitrogen and oxygen atoms in total. The number of anilines is 1. The normalized spacial score (nSPS) is 10.2. The molecule has 100 valence electrons. The molecule has 1 aromatic heterocycles. The van der Waals surface area contributed by atoms with Crippen molar-refractivity contribution in [3.05, 3.63) is 46.8 Å². The fourth-order valence-electron chi connectivity index (χ4n) is 1.81. The maximum atomic E-state index is 10.9. The van der Waals surface area contributed by atoms with Crippen molar-refractivity contribution < 1.29 is 14.6 Å². The van der Waals surface area contributed by atoms with E-state index in [0.29, 0.717) is 11.4 Å². The molecule has 1 N–H and O–H groups in total. The Hall–Kier alpha value is -2.01. The summed E-state index contributed by atoms with van der Waals surface area (Å²) in [6, 6.07) is 11.3. The minimum atomic E-state index is -0.887. The molecule has 0 bridgehead atoms. The van der Waals surface area contributed by atoms with Crippen LogP contribution < -0.4 is 9.64 Å². The first-order valence-electron chi connectivity index (χ1n) is 5.78. The van der Waals surface area contributed by atoms with Gasteiger partial charge in [0.25, 0.3) is 0 Å². The third-order valence-corrected chi connectivity index (χ3v) is 3.97. The van der Waals surface area contributed by atoms with Crippen LogP contribution in [-0.4, -0.2) is 25.2 Å². The Kier molecular flexibility index (Phi) is 4.06. The minimum Gasteiger partial charge on any atom is -0.496 e. The summed E-state index contributed by atoms with van der Waals surface area (Å²) in [5.41, 5.74) is 1.07. The van der Waals surface area contributed by atoms with E-state index in [1.807, 2.05) is 42.3 Å². The van der Waals surface area contributed by atoms with Gasteiger partial charge < -0.3 is 14.7 Å². The average Bonchev–Trinajstić information content (AvgIpc) is 2.89. The molecule has 19 heavy (non-hydrogen) atoms. The Balaban J connectivity index is 2.15. The van der Waals surface area contributed by atoms with Crippen LogP contribution in [0.15, 0.2) is 36.4 Å². The van der Waals surface area contributed by atoms with E-state index in [0.717, 1.165) is 16.3 Å². The Morgan fingerprint density at radius 2 is 2.05 bits per heavy atom. The molecule has 5 heteroatoms. The molecule has 0 spiro atoms. The van der Waals surface area contributed by atoms with Gasteiger partial charge in [0, 0.05) is 19.2 Å². The van der Waals surface area contributed by atoms with Gasteiger partial charge in [0.1, 0.15) is 10.6 Å². The molecule has 1 heterocycles. The second kappa shape index (κ2) is 5.75. The van der Waals surface area contributed by atoms with Gasteiger partial charge >= 0.3 is 5.97 Å². The van der Waals surface area contributed by atoms with Crippen LogP contribution in [0.4, 0.5) is 5.00 Å². The van der Waals surface area contributed by atoms with E-state index in [1.165, 1.54) is 11.3 Å². The number of rotatable bonds is 5. The zero-order valence-electron chi connectivity index (χ0n) is 10.8. The van der Waals surface area contributed by atoms with Gasteiger partial charge in [-0.1, -0.05) is 18.2 Å². The molecule has 1 aromatic carbocycles. The zero-order valence-corrected chi connectivity index (χ0v) is 11.6. The van der Waals surface area contributed by atoms with Crippen LogP contribution in [-0.2, 0) is 6.54 Å². The standard InChI is InChI=1S/C14H15NO3S/c1-15(13-8-7-12(19-13)14(16)17)9-10-5-3-4-6-11(10)18-2/h3-8H,9H2,1-2H3,(H,16,17). The van der Waals surface area contributed by atoms with Crippen LogP contribution in [0.5, 0.6) is 5.75 Å². The Bertz CT molecular complexity index is 580. The molecule has 2 aromatic rings. The monoisotopic (exact) mass is 277 g/mol. The zero-order chi connectivity index (χ0) is 13.8. The Labute approximate surface area is 115 Å². The van der Waals surface area contributed by atoms with Crippen molar-refractivity contribution in [3.8, 4) is 5.75 Å². The summed E-state index contributed by atoms with van der Waals surface area (Å²) < 4.78 is 5.31. The lowest BCUT2D eigenvalue weighted by Gasteiger charge is -2.18. The summed E-state index contributed by atoms with van der Waals surface area (Å²) in [5.74, 6) is -0.0497. The second-order valence-corrected chi connectivity index (χ2v) is 5.17. The number of hydrogen-bond acceptors (Lipinski definition) is 4. The highest BCUT2D eigenvalue weighted by Gasteiger charge is 2.11. The Morgan fingerprint density at radius 1 is 1.32 bits per heavy atom. The maximum absolute atomic E-state index is 10.9. The number of aromatic carboxylic acids is 1. The third kappa shape index (κ3) is 3.06. The van der Waals surface area contributed by atoms with Crippen molar-refractivity contribution in [1.82, 2.24) is 0 Å². The summed E-state index contributed by atoms with van der Waals surface area (Å²) in [4.78, 5) is 13.2. The number of ether oxygens (including phenoxy) is 1. The Morgan fingerprint density at radius 3 is 2.68 bits per heavy atom. The van der Waals surface area contributed by atoms with Crippen molar-refractivity contribution in [2.24, 2.45) is 0 Å². The maximum Gasteiger partial charge on any atom is 0.345 e. The first-order chi connectivity index (χ1) is 9.11. The number of nitrogens with zero attached hydrogens (tertiary/aromatic N) is 1. The molecule has 0 amide bonds. The van der Waals surface area contributed by atoms with E-state index in [4.69, 9.17) is 9.84 Å². The van der Waals surface area contributed by atoms with Crippen molar-refractivity contribution in [2.75, 3.05) is 19.1 Å². The predicted octanol–water partition coefficient (Wildman–Crippen LogP) is 3.09. The highest BCUT2D eigenvalue weighted by molar-refractivity contribution is 7.17. The van der Waals surface area contributed by atoms with Gasteiger partial charge in [-0.2, -0.15) is 0 Å². The lowest BCUT2D eigenvalue weighted by atomic mass is 10.2. The lowest BCUT2D eigenvalue weighted by Crippen LogP contribution is -2.15. The lowest BCUT2D eigenvalue weighted by molar-refractivity contribution is 0.0702.